The van der Waals surface area contributed by atoms with Gasteiger partial charge in [-0.1, -0.05) is 34.1 Å². The van der Waals surface area contributed by atoms with Crippen molar-refractivity contribution in [3.63, 3.8) is 0 Å². The minimum atomic E-state index is -1.39. The third kappa shape index (κ3) is 8.90. The van der Waals surface area contributed by atoms with Crippen LogP contribution in [0.3, 0.4) is 0 Å². The van der Waals surface area contributed by atoms with Crippen molar-refractivity contribution in [2.24, 2.45) is 23.3 Å². The SMILES string of the molecule is CCC(C)C(NC(=O)C(CC(N)=O)NC(=O)C(C)NC(=O)C(N)C(C)C)C(=O)O. The molecule has 0 aromatic heterocycles. The van der Waals surface area contributed by atoms with Crippen LogP contribution in [0.2, 0.25) is 0 Å². The molecule has 0 aromatic carbocycles. The summed E-state index contributed by atoms with van der Waals surface area (Å²) < 4.78 is 0. The average molecular weight is 415 g/mol. The van der Waals surface area contributed by atoms with Crippen LogP contribution in [0.4, 0.5) is 0 Å². The Labute approximate surface area is 170 Å². The monoisotopic (exact) mass is 415 g/mol. The zero-order valence-corrected chi connectivity index (χ0v) is 17.5. The number of carboxylic acids is 1. The normalized spacial score (nSPS) is 16.1. The van der Waals surface area contributed by atoms with Crippen molar-refractivity contribution in [1.29, 1.82) is 0 Å². The van der Waals surface area contributed by atoms with Crippen LogP contribution in [0.25, 0.3) is 0 Å². The molecule has 0 rings (SSSR count). The van der Waals surface area contributed by atoms with Crippen molar-refractivity contribution in [2.45, 2.75) is 71.6 Å². The number of carboxylic acid groups (broad SMARTS) is 1. The topological polar surface area (TPSA) is 194 Å². The van der Waals surface area contributed by atoms with Crippen molar-refractivity contribution in [2.75, 3.05) is 0 Å². The second-order valence-corrected chi connectivity index (χ2v) is 7.44. The van der Waals surface area contributed by atoms with Crippen molar-refractivity contribution < 1.29 is 29.1 Å². The lowest BCUT2D eigenvalue weighted by molar-refractivity contribution is -0.144. The summed E-state index contributed by atoms with van der Waals surface area (Å²) in [5.74, 6) is -4.77. The summed E-state index contributed by atoms with van der Waals surface area (Å²) in [5, 5.41) is 16.4. The predicted octanol–water partition coefficient (Wildman–Crippen LogP) is -1.55. The average Bonchev–Trinajstić information content (AvgIpc) is 2.62. The Morgan fingerprint density at radius 1 is 0.897 bits per heavy atom. The number of primary amides is 1. The molecule has 0 aliphatic rings. The zero-order valence-electron chi connectivity index (χ0n) is 17.5. The standard InChI is InChI=1S/C18H33N5O6/c1-6-9(4)14(18(28)29)23-16(26)11(7-12(19)24)22-15(25)10(5)21-17(27)13(20)8(2)3/h8-11,13-14H,6-7,20H2,1-5H3,(H2,19,24)(H,21,27)(H,22,25)(H,23,26)(H,28,29). The molecule has 5 atom stereocenters. The molecule has 166 valence electrons. The van der Waals surface area contributed by atoms with Gasteiger partial charge in [-0.2, -0.15) is 0 Å². The number of rotatable bonds is 12. The number of hydrogen-bond donors (Lipinski definition) is 6. The number of aliphatic carboxylic acids is 1. The van der Waals surface area contributed by atoms with Gasteiger partial charge in [0.2, 0.25) is 23.6 Å². The van der Waals surface area contributed by atoms with Gasteiger partial charge < -0.3 is 32.5 Å². The summed E-state index contributed by atoms with van der Waals surface area (Å²) in [4.78, 5) is 59.5. The lowest BCUT2D eigenvalue weighted by Gasteiger charge is -2.25. The van der Waals surface area contributed by atoms with Crippen LogP contribution >= 0.6 is 0 Å². The number of nitrogens with one attached hydrogen (secondary N) is 3. The maximum Gasteiger partial charge on any atom is 0.326 e. The molecule has 8 N–H and O–H groups in total. The van der Waals surface area contributed by atoms with Gasteiger partial charge in [-0.15, -0.1) is 0 Å². The van der Waals surface area contributed by atoms with Crippen LogP contribution in [-0.2, 0) is 24.0 Å². The van der Waals surface area contributed by atoms with Crippen molar-refractivity contribution >= 4 is 29.6 Å². The molecule has 0 saturated carbocycles. The van der Waals surface area contributed by atoms with Gasteiger partial charge in [0.05, 0.1) is 12.5 Å². The molecule has 0 saturated heterocycles. The maximum atomic E-state index is 12.5. The molecule has 5 unspecified atom stereocenters. The first-order valence-electron chi connectivity index (χ1n) is 9.49. The van der Waals surface area contributed by atoms with E-state index in [-0.39, 0.29) is 11.8 Å². The highest BCUT2D eigenvalue weighted by molar-refractivity contribution is 5.96. The van der Waals surface area contributed by atoms with Crippen LogP contribution in [0.15, 0.2) is 0 Å². The van der Waals surface area contributed by atoms with Gasteiger partial charge in [0, 0.05) is 0 Å². The van der Waals surface area contributed by atoms with Crippen LogP contribution in [-0.4, -0.2) is 58.9 Å². The van der Waals surface area contributed by atoms with Crippen LogP contribution in [0.1, 0.15) is 47.5 Å². The van der Waals surface area contributed by atoms with Crippen LogP contribution in [0, 0.1) is 11.8 Å². The van der Waals surface area contributed by atoms with Crippen molar-refractivity contribution in [3.8, 4) is 0 Å². The molecular weight excluding hydrogens is 382 g/mol. The third-order valence-corrected chi connectivity index (χ3v) is 4.59. The second-order valence-electron chi connectivity index (χ2n) is 7.44. The third-order valence-electron chi connectivity index (χ3n) is 4.59. The molecule has 0 bridgehead atoms. The number of carbonyl (C=O) groups is 5. The van der Waals surface area contributed by atoms with E-state index in [4.69, 9.17) is 11.5 Å². The first-order chi connectivity index (χ1) is 13.3. The van der Waals surface area contributed by atoms with Crippen molar-refractivity contribution in [3.05, 3.63) is 0 Å². The van der Waals surface area contributed by atoms with Gasteiger partial charge in [0.25, 0.3) is 0 Å². The summed E-state index contributed by atoms with van der Waals surface area (Å²) in [6, 6.07) is -4.44. The molecule has 0 heterocycles. The number of hydrogen-bond acceptors (Lipinski definition) is 6. The quantitative estimate of drug-likeness (QED) is 0.222. The van der Waals surface area contributed by atoms with E-state index >= 15 is 0 Å². The Bertz CT molecular complexity index is 624. The molecule has 0 spiro atoms. The minimum Gasteiger partial charge on any atom is -0.480 e. The molecule has 11 nitrogen and oxygen atoms in total. The fraction of sp³-hybridized carbons (Fsp3) is 0.722. The summed E-state index contributed by atoms with van der Waals surface area (Å²) >= 11 is 0. The zero-order chi connectivity index (χ0) is 22.9. The summed E-state index contributed by atoms with van der Waals surface area (Å²) in [6.07, 6.45) is -0.0418. The molecule has 0 aromatic rings. The number of nitrogens with two attached hydrogens (primary N) is 2. The molecule has 29 heavy (non-hydrogen) atoms. The molecular formula is C18H33N5O6. The lowest BCUT2D eigenvalue weighted by Crippen LogP contribution is -2.58. The van der Waals surface area contributed by atoms with E-state index in [1.165, 1.54) is 6.92 Å². The maximum absolute atomic E-state index is 12.5. The number of carbonyl (C=O) groups excluding carboxylic acids is 4. The Hall–Kier alpha value is -2.69. The van der Waals surface area contributed by atoms with Gasteiger partial charge in [0.1, 0.15) is 18.1 Å². The second kappa shape index (κ2) is 12.0. The van der Waals surface area contributed by atoms with E-state index in [0.29, 0.717) is 6.42 Å². The Balaban J connectivity index is 5.20. The highest BCUT2D eigenvalue weighted by Gasteiger charge is 2.31. The van der Waals surface area contributed by atoms with E-state index in [0.717, 1.165) is 0 Å². The predicted molar refractivity (Wildman–Crippen MR) is 105 cm³/mol. The first kappa shape index (κ1) is 26.3. The number of amides is 4. The highest BCUT2D eigenvalue weighted by Crippen LogP contribution is 2.09. The van der Waals surface area contributed by atoms with Crippen LogP contribution in [0.5, 0.6) is 0 Å². The largest absolute Gasteiger partial charge is 0.480 e. The van der Waals surface area contributed by atoms with Gasteiger partial charge in [-0.05, 0) is 18.8 Å². The fourth-order valence-corrected chi connectivity index (χ4v) is 2.32. The van der Waals surface area contributed by atoms with E-state index in [1.807, 2.05) is 0 Å². The Morgan fingerprint density at radius 3 is 1.86 bits per heavy atom. The van der Waals surface area contributed by atoms with E-state index in [2.05, 4.69) is 16.0 Å². The highest BCUT2D eigenvalue weighted by atomic mass is 16.4. The lowest BCUT2D eigenvalue weighted by atomic mass is 9.98. The summed E-state index contributed by atoms with van der Waals surface area (Å²) in [6.45, 7) is 8.30. The van der Waals surface area contributed by atoms with E-state index in [1.54, 1.807) is 27.7 Å². The molecule has 0 aliphatic heterocycles. The molecule has 4 amide bonds. The van der Waals surface area contributed by atoms with E-state index < -0.39 is 60.2 Å². The van der Waals surface area contributed by atoms with Gasteiger partial charge in [-0.25, -0.2) is 4.79 Å². The van der Waals surface area contributed by atoms with Gasteiger partial charge >= 0.3 is 5.97 Å². The smallest absolute Gasteiger partial charge is 0.326 e. The summed E-state index contributed by atoms with van der Waals surface area (Å²) in [7, 11) is 0. The molecule has 11 heteroatoms. The molecule has 0 fully saturated rings. The molecule has 0 aliphatic carbocycles. The fourth-order valence-electron chi connectivity index (χ4n) is 2.32. The first-order valence-corrected chi connectivity index (χ1v) is 9.49. The minimum absolute atomic E-state index is 0.146. The Morgan fingerprint density at radius 2 is 1.45 bits per heavy atom. The van der Waals surface area contributed by atoms with Gasteiger partial charge in [-0.3, -0.25) is 19.2 Å². The molecule has 0 radical (unpaired) electrons. The van der Waals surface area contributed by atoms with Crippen LogP contribution < -0.4 is 27.4 Å². The van der Waals surface area contributed by atoms with Gasteiger partial charge in [0.15, 0.2) is 0 Å². The van der Waals surface area contributed by atoms with Crippen molar-refractivity contribution in [1.82, 2.24) is 16.0 Å². The Kier molecular flexibility index (Phi) is 10.9. The van der Waals surface area contributed by atoms with E-state index in [9.17, 15) is 29.1 Å². The summed E-state index contributed by atoms with van der Waals surface area (Å²) in [5.41, 5.74) is 10.9.